The molecule has 5 heteroatoms. The van der Waals surface area contributed by atoms with Crippen LogP contribution in [0.1, 0.15) is 52.9 Å². The number of aromatic amines is 1. The van der Waals surface area contributed by atoms with E-state index in [2.05, 4.69) is 35.7 Å². The maximum Gasteiger partial charge on any atom is 0.278 e. The Hall–Kier alpha value is -1.65. The number of aromatic nitrogens is 4. The van der Waals surface area contributed by atoms with Crippen molar-refractivity contribution in [3.05, 3.63) is 23.0 Å². The summed E-state index contributed by atoms with van der Waals surface area (Å²) >= 11 is 0. The summed E-state index contributed by atoms with van der Waals surface area (Å²) in [5.41, 5.74) is 0.849. The molecule has 2 aromatic heterocycles. The minimum Gasteiger partial charge on any atom is -0.311 e. The molecule has 0 fully saturated rings. The lowest BCUT2D eigenvalue weighted by molar-refractivity contribution is 0.320. The van der Waals surface area contributed by atoms with Gasteiger partial charge >= 0.3 is 0 Å². The van der Waals surface area contributed by atoms with Crippen LogP contribution in [0.2, 0.25) is 0 Å². The topological polar surface area (TPSA) is 63.6 Å². The Morgan fingerprint density at radius 1 is 1.26 bits per heavy atom. The van der Waals surface area contributed by atoms with E-state index >= 15 is 0 Å². The second-order valence-electron chi connectivity index (χ2n) is 5.64. The fourth-order valence-electron chi connectivity index (χ4n) is 2.39. The molecule has 0 unspecified atom stereocenters. The predicted molar refractivity (Wildman–Crippen MR) is 76.2 cm³/mol. The Bertz CT molecular complexity index is 597. The second kappa shape index (κ2) is 5.55. The van der Waals surface area contributed by atoms with Crippen LogP contribution in [0.15, 0.2) is 17.4 Å². The molecule has 2 aromatic rings. The predicted octanol–water partition coefficient (Wildman–Crippen LogP) is 2.83. The van der Waals surface area contributed by atoms with Gasteiger partial charge in [0.1, 0.15) is 0 Å². The van der Waals surface area contributed by atoms with Crippen molar-refractivity contribution >= 4 is 11.2 Å². The maximum atomic E-state index is 11.6. The van der Waals surface area contributed by atoms with Crippen LogP contribution in [0.3, 0.4) is 0 Å². The Morgan fingerprint density at radius 2 is 2.05 bits per heavy atom. The molecule has 0 spiro atoms. The van der Waals surface area contributed by atoms with E-state index in [9.17, 15) is 4.79 Å². The van der Waals surface area contributed by atoms with Gasteiger partial charge in [0.05, 0.1) is 12.7 Å². The van der Waals surface area contributed by atoms with Crippen LogP contribution < -0.4 is 5.56 Å². The summed E-state index contributed by atoms with van der Waals surface area (Å²) in [5.74, 6) is 0. The van der Waals surface area contributed by atoms with Crippen molar-refractivity contribution in [3.63, 3.8) is 0 Å². The van der Waals surface area contributed by atoms with Gasteiger partial charge in [0.2, 0.25) is 0 Å². The Balaban J connectivity index is 2.23. The minimum absolute atomic E-state index is 0.0662. The minimum atomic E-state index is -0.175. The molecule has 0 aromatic carbocycles. The van der Waals surface area contributed by atoms with Crippen LogP contribution >= 0.6 is 0 Å². The molecule has 104 valence electrons. The molecule has 0 saturated heterocycles. The molecule has 0 saturated carbocycles. The fourth-order valence-corrected chi connectivity index (χ4v) is 2.39. The van der Waals surface area contributed by atoms with Gasteiger partial charge in [-0.3, -0.25) is 4.79 Å². The lowest BCUT2D eigenvalue weighted by Crippen LogP contribution is -2.26. The van der Waals surface area contributed by atoms with Gasteiger partial charge < -0.3 is 9.55 Å². The van der Waals surface area contributed by atoms with Crippen LogP contribution in [0.25, 0.3) is 11.2 Å². The molecule has 19 heavy (non-hydrogen) atoms. The second-order valence-corrected chi connectivity index (χ2v) is 5.64. The van der Waals surface area contributed by atoms with E-state index in [1.165, 1.54) is 32.0 Å². The highest BCUT2D eigenvalue weighted by molar-refractivity contribution is 5.69. The molecule has 5 nitrogen and oxygen atoms in total. The van der Waals surface area contributed by atoms with Crippen LogP contribution in [0, 0.1) is 0 Å². The molecular weight excluding hydrogens is 240 g/mol. The van der Waals surface area contributed by atoms with Crippen LogP contribution in [-0.4, -0.2) is 19.5 Å². The number of fused-ring (bicyclic) bond motifs is 1. The first-order valence-corrected chi connectivity index (χ1v) is 6.97. The molecule has 0 aliphatic carbocycles. The molecule has 0 atom stereocenters. The third-order valence-corrected chi connectivity index (χ3v) is 3.63. The highest BCUT2D eigenvalue weighted by Crippen LogP contribution is 2.25. The number of hydrogen-bond donors (Lipinski definition) is 1. The van der Waals surface area contributed by atoms with Gasteiger partial charge in [0.15, 0.2) is 11.2 Å². The number of rotatable bonds is 6. The third-order valence-electron chi connectivity index (χ3n) is 3.63. The van der Waals surface area contributed by atoms with Crippen molar-refractivity contribution in [3.8, 4) is 0 Å². The summed E-state index contributed by atoms with van der Waals surface area (Å²) in [6, 6.07) is 0. The van der Waals surface area contributed by atoms with Crippen LogP contribution in [0.5, 0.6) is 0 Å². The number of imidazole rings is 1. The molecule has 2 rings (SSSR count). The van der Waals surface area contributed by atoms with Crippen LogP contribution in [-0.2, 0) is 5.54 Å². The van der Waals surface area contributed by atoms with Crippen LogP contribution in [0.4, 0.5) is 0 Å². The van der Waals surface area contributed by atoms with Gasteiger partial charge in [-0.25, -0.2) is 9.97 Å². The van der Waals surface area contributed by atoms with Gasteiger partial charge in [-0.15, -0.1) is 0 Å². The van der Waals surface area contributed by atoms with E-state index in [0.29, 0.717) is 11.2 Å². The Labute approximate surface area is 113 Å². The van der Waals surface area contributed by atoms with E-state index < -0.39 is 0 Å². The van der Waals surface area contributed by atoms with E-state index in [-0.39, 0.29) is 11.1 Å². The van der Waals surface area contributed by atoms with E-state index in [1.54, 1.807) is 6.33 Å². The summed E-state index contributed by atoms with van der Waals surface area (Å²) in [6.45, 7) is 6.55. The molecule has 2 heterocycles. The smallest absolute Gasteiger partial charge is 0.278 e. The van der Waals surface area contributed by atoms with Gasteiger partial charge in [-0.05, 0) is 20.3 Å². The molecule has 0 radical (unpaired) electrons. The fraction of sp³-hybridized carbons (Fsp3) is 0.643. The first-order chi connectivity index (χ1) is 9.06. The van der Waals surface area contributed by atoms with E-state index in [1.807, 2.05) is 4.57 Å². The quantitative estimate of drug-likeness (QED) is 0.814. The zero-order chi connectivity index (χ0) is 13.9. The highest BCUT2D eigenvalue weighted by Gasteiger charge is 2.23. The van der Waals surface area contributed by atoms with Gasteiger partial charge in [-0.2, -0.15) is 0 Å². The number of H-pyrrole nitrogens is 1. The summed E-state index contributed by atoms with van der Waals surface area (Å²) in [4.78, 5) is 22.6. The zero-order valence-electron chi connectivity index (χ0n) is 11.9. The molecule has 0 aliphatic heterocycles. The zero-order valence-corrected chi connectivity index (χ0v) is 11.9. The van der Waals surface area contributed by atoms with Gasteiger partial charge in [0, 0.05) is 5.54 Å². The SMILES string of the molecule is CCCCCCC(C)(C)n1cnc2c(=O)[nH]cnc21. The average Bonchev–Trinajstić information content (AvgIpc) is 2.81. The monoisotopic (exact) mass is 262 g/mol. The number of nitrogens with zero attached hydrogens (tertiary/aromatic N) is 3. The Morgan fingerprint density at radius 3 is 2.79 bits per heavy atom. The van der Waals surface area contributed by atoms with E-state index in [4.69, 9.17) is 0 Å². The van der Waals surface area contributed by atoms with Gasteiger partial charge in [-0.1, -0.05) is 32.6 Å². The van der Waals surface area contributed by atoms with Crippen molar-refractivity contribution in [1.29, 1.82) is 0 Å². The normalized spacial score (nSPS) is 12.2. The molecule has 0 amide bonds. The third kappa shape index (κ3) is 2.85. The molecule has 0 aliphatic rings. The van der Waals surface area contributed by atoms with Crippen molar-refractivity contribution < 1.29 is 0 Å². The summed E-state index contributed by atoms with van der Waals surface area (Å²) < 4.78 is 2.02. The summed E-state index contributed by atoms with van der Waals surface area (Å²) in [7, 11) is 0. The van der Waals surface area contributed by atoms with Crippen molar-refractivity contribution in [2.45, 2.75) is 58.4 Å². The van der Waals surface area contributed by atoms with Crippen molar-refractivity contribution in [2.75, 3.05) is 0 Å². The number of unbranched alkanes of at least 4 members (excludes halogenated alkanes) is 3. The standard InChI is InChI=1S/C14H22N4O/c1-4-5-6-7-8-14(2,3)18-10-17-11-12(18)15-9-16-13(11)19/h9-10H,4-8H2,1-3H3,(H,15,16,19). The van der Waals surface area contributed by atoms with E-state index in [0.717, 1.165) is 6.42 Å². The molecule has 1 N–H and O–H groups in total. The molecule has 0 bridgehead atoms. The first kappa shape index (κ1) is 13.8. The number of nitrogens with one attached hydrogen (secondary N) is 1. The summed E-state index contributed by atoms with van der Waals surface area (Å²) in [5, 5.41) is 0. The van der Waals surface area contributed by atoms with Crippen molar-refractivity contribution in [1.82, 2.24) is 19.5 Å². The van der Waals surface area contributed by atoms with Crippen molar-refractivity contribution in [2.24, 2.45) is 0 Å². The highest BCUT2D eigenvalue weighted by atomic mass is 16.1. The lowest BCUT2D eigenvalue weighted by atomic mass is 9.96. The molecular formula is C14H22N4O. The summed E-state index contributed by atoms with van der Waals surface area (Å²) in [6.07, 6.45) is 9.18. The number of hydrogen-bond acceptors (Lipinski definition) is 3. The first-order valence-electron chi connectivity index (χ1n) is 6.97. The average molecular weight is 262 g/mol. The maximum absolute atomic E-state index is 11.6. The van der Waals surface area contributed by atoms with Gasteiger partial charge in [0.25, 0.3) is 5.56 Å². The largest absolute Gasteiger partial charge is 0.311 e. The lowest BCUT2D eigenvalue weighted by Gasteiger charge is -2.26. The Kier molecular flexibility index (Phi) is 4.02.